The molecule has 0 aromatic heterocycles. The second kappa shape index (κ2) is 5.86. The van der Waals surface area contributed by atoms with Gasteiger partial charge in [-0.1, -0.05) is 6.92 Å². The molecule has 0 aliphatic carbocycles. The molecule has 0 radical (unpaired) electrons. The summed E-state index contributed by atoms with van der Waals surface area (Å²) in [5, 5.41) is 8.82. The monoisotopic (exact) mass is 177 g/mol. The third-order valence-corrected chi connectivity index (χ3v) is 2.72. The second-order valence-corrected chi connectivity index (χ2v) is 4.40. The maximum Gasteiger partial charge on any atom is 0.0608 e. The van der Waals surface area contributed by atoms with Crippen LogP contribution in [0.4, 0.5) is 0 Å². The molecule has 0 spiro atoms. The van der Waals surface area contributed by atoms with Crippen molar-refractivity contribution in [2.75, 3.05) is 18.1 Å². The van der Waals surface area contributed by atoms with E-state index < -0.39 is 0 Å². The van der Waals surface area contributed by atoms with E-state index in [9.17, 15) is 0 Å². The summed E-state index contributed by atoms with van der Waals surface area (Å²) in [6.45, 7) is 4.14. The standard InChI is InChI=1S/C8H19NOS/c1-3-5-11-6-4-8(2,9)7-10/h10H,3-7,9H2,1-2H3. The summed E-state index contributed by atoms with van der Waals surface area (Å²) >= 11 is 1.90. The first-order valence-corrected chi connectivity index (χ1v) is 5.25. The molecular weight excluding hydrogens is 158 g/mol. The number of hydrogen-bond acceptors (Lipinski definition) is 3. The average Bonchev–Trinajstić information content (AvgIpc) is 1.99. The molecule has 0 saturated heterocycles. The van der Waals surface area contributed by atoms with Crippen molar-refractivity contribution in [3.8, 4) is 0 Å². The van der Waals surface area contributed by atoms with Gasteiger partial charge in [-0.15, -0.1) is 0 Å². The number of aliphatic hydroxyl groups excluding tert-OH is 1. The summed E-state index contributed by atoms with van der Waals surface area (Å²) in [7, 11) is 0. The Hall–Kier alpha value is 0.270. The molecule has 1 atom stereocenters. The van der Waals surface area contributed by atoms with Crippen LogP contribution in [0.15, 0.2) is 0 Å². The lowest BCUT2D eigenvalue weighted by Gasteiger charge is -2.20. The summed E-state index contributed by atoms with van der Waals surface area (Å²) < 4.78 is 0. The first-order valence-electron chi connectivity index (χ1n) is 4.10. The van der Waals surface area contributed by atoms with Gasteiger partial charge in [0.2, 0.25) is 0 Å². The van der Waals surface area contributed by atoms with Gasteiger partial charge in [0.1, 0.15) is 0 Å². The summed E-state index contributed by atoms with van der Waals surface area (Å²) in [5.41, 5.74) is 5.36. The molecule has 0 fully saturated rings. The maximum absolute atomic E-state index is 8.82. The lowest BCUT2D eigenvalue weighted by atomic mass is 10.0. The van der Waals surface area contributed by atoms with Crippen LogP contribution in [-0.2, 0) is 0 Å². The molecule has 0 aromatic carbocycles. The van der Waals surface area contributed by atoms with Gasteiger partial charge in [0, 0.05) is 5.54 Å². The molecule has 0 aliphatic heterocycles. The van der Waals surface area contributed by atoms with Gasteiger partial charge in [-0.2, -0.15) is 11.8 Å². The van der Waals surface area contributed by atoms with Gasteiger partial charge in [0.05, 0.1) is 6.61 Å². The van der Waals surface area contributed by atoms with Crippen LogP contribution in [0, 0.1) is 0 Å². The van der Waals surface area contributed by atoms with Gasteiger partial charge in [-0.05, 0) is 31.3 Å². The molecule has 0 saturated carbocycles. The van der Waals surface area contributed by atoms with Crippen LogP contribution in [0.5, 0.6) is 0 Å². The average molecular weight is 177 g/mol. The van der Waals surface area contributed by atoms with Gasteiger partial charge in [-0.25, -0.2) is 0 Å². The zero-order chi connectivity index (χ0) is 8.74. The first kappa shape index (κ1) is 11.3. The summed E-state index contributed by atoms with van der Waals surface area (Å²) in [6.07, 6.45) is 2.11. The highest BCUT2D eigenvalue weighted by Crippen LogP contribution is 2.11. The Morgan fingerprint density at radius 3 is 2.55 bits per heavy atom. The van der Waals surface area contributed by atoms with Crippen molar-refractivity contribution in [3.05, 3.63) is 0 Å². The van der Waals surface area contributed by atoms with Crippen molar-refractivity contribution in [1.82, 2.24) is 0 Å². The largest absolute Gasteiger partial charge is 0.394 e. The molecule has 0 aromatic rings. The molecular formula is C8H19NOS. The van der Waals surface area contributed by atoms with Crippen LogP contribution in [0.2, 0.25) is 0 Å². The first-order chi connectivity index (χ1) is 5.12. The molecule has 11 heavy (non-hydrogen) atoms. The quantitative estimate of drug-likeness (QED) is 0.600. The smallest absolute Gasteiger partial charge is 0.0608 e. The molecule has 0 bridgehead atoms. The number of rotatable bonds is 6. The van der Waals surface area contributed by atoms with Crippen LogP contribution < -0.4 is 5.73 Å². The lowest BCUT2D eigenvalue weighted by Crippen LogP contribution is -2.40. The Balaban J connectivity index is 3.23. The summed E-state index contributed by atoms with van der Waals surface area (Å²) in [4.78, 5) is 0. The number of nitrogens with two attached hydrogens (primary N) is 1. The summed E-state index contributed by atoms with van der Waals surface area (Å²) in [5.74, 6) is 2.25. The third-order valence-electron chi connectivity index (χ3n) is 1.53. The number of aliphatic hydroxyl groups is 1. The molecule has 0 heterocycles. The zero-order valence-electron chi connectivity index (χ0n) is 7.47. The number of thioether (sulfide) groups is 1. The molecule has 3 N–H and O–H groups in total. The van der Waals surface area contributed by atoms with E-state index in [0.717, 1.165) is 12.2 Å². The van der Waals surface area contributed by atoms with Crippen LogP contribution in [-0.4, -0.2) is 28.8 Å². The van der Waals surface area contributed by atoms with E-state index >= 15 is 0 Å². The molecule has 0 aliphatic rings. The van der Waals surface area contributed by atoms with E-state index in [-0.39, 0.29) is 12.1 Å². The molecule has 0 rings (SSSR count). The Morgan fingerprint density at radius 2 is 2.09 bits per heavy atom. The van der Waals surface area contributed by atoms with E-state index in [4.69, 9.17) is 10.8 Å². The molecule has 1 unspecified atom stereocenters. The van der Waals surface area contributed by atoms with E-state index in [1.165, 1.54) is 12.2 Å². The van der Waals surface area contributed by atoms with Crippen LogP contribution in [0.3, 0.4) is 0 Å². The molecule has 2 nitrogen and oxygen atoms in total. The van der Waals surface area contributed by atoms with Gasteiger partial charge in [0.15, 0.2) is 0 Å². The second-order valence-electron chi connectivity index (χ2n) is 3.17. The van der Waals surface area contributed by atoms with Gasteiger partial charge in [-0.3, -0.25) is 0 Å². The van der Waals surface area contributed by atoms with Gasteiger partial charge < -0.3 is 10.8 Å². The van der Waals surface area contributed by atoms with E-state index in [1.807, 2.05) is 18.7 Å². The zero-order valence-corrected chi connectivity index (χ0v) is 8.28. The van der Waals surface area contributed by atoms with E-state index in [0.29, 0.717) is 0 Å². The summed E-state index contributed by atoms with van der Waals surface area (Å²) in [6, 6.07) is 0. The Morgan fingerprint density at radius 1 is 1.45 bits per heavy atom. The lowest BCUT2D eigenvalue weighted by molar-refractivity contribution is 0.206. The van der Waals surface area contributed by atoms with Crippen molar-refractivity contribution in [1.29, 1.82) is 0 Å². The Bertz CT molecular complexity index is 96.1. The van der Waals surface area contributed by atoms with Crippen molar-refractivity contribution in [3.63, 3.8) is 0 Å². The fourth-order valence-electron chi connectivity index (χ4n) is 0.631. The fourth-order valence-corrected chi connectivity index (χ4v) is 1.73. The van der Waals surface area contributed by atoms with Crippen molar-refractivity contribution >= 4 is 11.8 Å². The van der Waals surface area contributed by atoms with Crippen LogP contribution >= 0.6 is 11.8 Å². The molecule has 3 heteroatoms. The third kappa shape index (κ3) is 6.66. The fraction of sp³-hybridized carbons (Fsp3) is 1.00. The minimum absolute atomic E-state index is 0.0830. The Kier molecular flexibility index (Phi) is 6.01. The van der Waals surface area contributed by atoms with E-state index in [2.05, 4.69) is 6.92 Å². The van der Waals surface area contributed by atoms with Gasteiger partial charge >= 0.3 is 0 Å². The normalized spacial score (nSPS) is 16.4. The topological polar surface area (TPSA) is 46.2 Å². The SMILES string of the molecule is CCCSCCC(C)(N)CO. The maximum atomic E-state index is 8.82. The Labute approximate surface area is 73.6 Å². The van der Waals surface area contributed by atoms with Crippen LogP contribution in [0.25, 0.3) is 0 Å². The minimum Gasteiger partial charge on any atom is -0.394 e. The van der Waals surface area contributed by atoms with Crippen molar-refractivity contribution in [2.45, 2.75) is 32.2 Å². The van der Waals surface area contributed by atoms with Crippen LogP contribution in [0.1, 0.15) is 26.7 Å². The van der Waals surface area contributed by atoms with E-state index in [1.54, 1.807) is 0 Å². The highest BCUT2D eigenvalue weighted by molar-refractivity contribution is 7.99. The predicted molar refractivity (Wildman–Crippen MR) is 51.9 cm³/mol. The van der Waals surface area contributed by atoms with Crippen molar-refractivity contribution in [2.24, 2.45) is 5.73 Å². The number of hydrogen-bond donors (Lipinski definition) is 2. The minimum atomic E-state index is -0.374. The highest BCUT2D eigenvalue weighted by Gasteiger charge is 2.15. The molecule has 0 amide bonds. The highest BCUT2D eigenvalue weighted by atomic mass is 32.2. The predicted octanol–water partition coefficient (Wildman–Crippen LogP) is 1.23. The van der Waals surface area contributed by atoms with Gasteiger partial charge in [0.25, 0.3) is 0 Å². The van der Waals surface area contributed by atoms with Crippen molar-refractivity contribution < 1.29 is 5.11 Å². The molecule has 68 valence electrons.